The maximum atomic E-state index is 12.0. The van der Waals surface area contributed by atoms with Crippen molar-refractivity contribution in [1.29, 1.82) is 0 Å². The third-order valence-corrected chi connectivity index (χ3v) is 3.74. The Balaban J connectivity index is 1.89. The van der Waals surface area contributed by atoms with Crippen molar-refractivity contribution >= 4 is 11.9 Å². The first-order chi connectivity index (χ1) is 12.5. The van der Waals surface area contributed by atoms with Gasteiger partial charge in [-0.25, -0.2) is 4.79 Å². The van der Waals surface area contributed by atoms with E-state index in [0.717, 1.165) is 5.56 Å². The molecule has 0 radical (unpaired) electrons. The molecular weight excluding hydrogens is 340 g/mol. The molecule has 1 heterocycles. The lowest BCUT2D eigenvalue weighted by molar-refractivity contribution is -0.145. The van der Waals surface area contributed by atoms with Crippen LogP contribution in [-0.2, 0) is 27.3 Å². The first-order valence-corrected chi connectivity index (χ1v) is 8.02. The molecule has 7 heteroatoms. The fourth-order valence-corrected chi connectivity index (χ4v) is 2.40. The van der Waals surface area contributed by atoms with Crippen molar-refractivity contribution in [2.45, 2.75) is 26.4 Å². The molecule has 140 valence electrons. The van der Waals surface area contributed by atoms with Gasteiger partial charge in [0.05, 0.1) is 21.3 Å². The van der Waals surface area contributed by atoms with Crippen LogP contribution < -0.4 is 9.47 Å². The van der Waals surface area contributed by atoms with Crippen molar-refractivity contribution < 1.29 is 33.0 Å². The summed E-state index contributed by atoms with van der Waals surface area (Å²) in [6.07, 6.45) is 0.677. The van der Waals surface area contributed by atoms with E-state index in [-0.39, 0.29) is 24.8 Å². The normalized spacial score (nSPS) is 10.3. The van der Waals surface area contributed by atoms with Crippen LogP contribution in [0.1, 0.15) is 33.9 Å². The number of benzene rings is 1. The van der Waals surface area contributed by atoms with E-state index in [0.29, 0.717) is 29.2 Å². The molecular formula is C19H22O7. The van der Waals surface area contributed by atoms with E-state index in [1.165, 1.54) is 7.11 Å². The van der Waals surface area contributed by atoms with Crippen molar-refractivity contribution in [2.75, 3.05) is 21.3 Å². The number of aryl methyl sites for hydroxylation is 2. The zero-order valence-corrected chi connectivity index (χ0v) is 15.3. The van der Waals surface area contributed by atoms with Gasteiger partial charge in [0, 0.05) is 18.1 Å². The van der Waals surface area contributed by atoms with Crippen LogP contribution in [0.4, 0.5) is 0 Å². The van der Waals surface area contributed by atoms with E-state index < -0.39 is 5.97 Å². The number of rotatable bonds is 8. The van der Waals surface area contributed by atoms with Crippen molar-refractivity contribution in [1.82, 2.24) is 0 Å². The van der Waals surface area contributed by atoms with Gasteiger partial charge in [0.25, 0.3) is 0 Å². The maximum absolute atomic E-state index is 12.0. The highest BCUT2D eigenvalue weighted by Crippen LogP contribution is 2.23. The smallest absolute Gasteiger partial charge is 0.374 e. The Hall–Kier alpha value is -2.96. The Morgan fingerprint density at radius 3 is 2.23 bits per heavy atom. The molecule has 2 rings (SSSR count). The number of hydrogen-bond donors (Lipinski definition) is 0. The minimum Gasteiger partial charge on any atom is -0.497 e. The van der Waals surface area contributed by atoms with Gasteiger partial charge < -0.3 is 23.4 Å². The van der Waals surface area contributed by atoms with Crippen LogP contribution in [0, 0.1) is 6.92 Å². The first kappa shape index (κ1) is 19.4. The number of hydrogen-bond acceptors (Lipinski definition) is 7. The first-order valence-electron chi connectivity index (χ1n) is 8.02. The number of carbonyl (C=O) groups is 2. The van der Waals surface area contributed by atoms with Crippen molar-refractivity contribution in [2.24, 2.45) is 0 Å². The Morgan fingerprint density at radius 1 is 1.00 bits per heavy atom. The molecule has 0 spiro atoms. The summed E-state index contributed by atoms with van der Waals surface area (Å²) in [5, 5.41) is 0. The average molecular weight is 362 g/mol. The van der Waals surface area contributed by atoms with Crippen LogP contribution in [0.15, 0.2) is 28.7 Å². The summed E-state index contributed by atoms with van der Waals surface area (Å²) in [5.74, 6) is 0.886. The van der Waals surface area contributed by atoms with Gasteiger partial charge in [0.1, 0.15) is 23.9 Å². The van der Waals surface area contributed by atoms with E-state index in [9.17, 15) is 9.59 Å². The van der Waals surface area contributed by atoms with Crippen molar-refractivity contribution in [3.05, 3.63) is 46.9 Å². The molecule has 1 aromatic carbocycles. The van der Waals surface area contributed by atoms with Crippen LogP contribution in [-0.4, -0.2) is 33.3 Å². The van der Waals surface area contributed by atoms with Gasteiger partial charge in [0.15, 0.2) is 0 Å². The fraction of sp³-hybridized carbons (Fsp3) is 0.368. The molecule has 1 aromatic heterocycles. The largest absolute Gasteiger partial charge is 0.497 e. The highest BCUT2D eigenvalue weighted by atomic mass is 16.6. The lowest BCUT2D eigenvalue weighted by atomic mass is 10.1. The predicted molar refractivity (Wildman–Crippen MR) is 92.4 cm³/mol. The standard InChI is InChI=1S/C19H22O7/c1-12-7-16(26-18(12)19(21)24-4)11-25-17(20)6-5-13-8-14(22-2)10-15(9-13)23-3/h7-10H,5-6,11H2,1-4H3. The molecule has 7 nitrogen and oxygen atoms in total. The topological polar surface area (TPSA) is 84.2 Å². The minimum absolute atomic E-state index is 0.0436. The van der Waals surface area contributed by atoms with Gasteiger partial charge in [-0.1, -0.05) is 0 Å². The van der Waals surface area contributed by atoms with Gasteiger partial charge in [-0.15, -0.1) is 0 Å². The number of esters is 2. The summed E-state index contributed by atoms with van der Waals surface area (Å²) in [6, 6.07) is 7.09. The van der Waals surface area contributed by atoms with Crippen molar-refractivity contribution in [3.63, 3.8) is 0 Å². The number of ether oxygens (including phenoxy) is 4. The van der Waals surface area contributed by atoms with E-state index in [2.05, 4.69) is 4.74 Å². The van der Waals surface area contributed by atoms with E-state index in [1.54, 1.807) is 33.3 Å². The Labute approximate surface area is 151 Å². The lowest BCUT2D eigenvalue weighted by Gasteiger charge is -2.08. The molecule has 0 saturated heterocycles. The van der Waals surface area contributed by atoms with Crippen molar-refractivity contribution in [3.8, 4) is 11.5 Å². The Bertz CT molecular complexity index is 754. The average Bonchev–Trinajstić information content (AvgIpc) is 3.04. The van der Waals surface area contributed by atoms with Crippen LogP contribution in [0.5, 0.6) is 11.5 Å². The summed E-state index contributed by atoms with van der Waals surface area (Å²) in [5.41, 5.74) is 1.53. The van der Waals surface area contributed by atoms with Crippen LogP contribution in [0.25, 0.3) is 0 Å². The maximum Gasteiger partial charge on any atom is 0.374 e. The van der Waals surface area contributed by atoms with Gasteiger partial charge in [-0.3, -0.25) is 4.79 Å². The molecule has 0 bridgehead atoms. The summed E-state index contributed by atoms with van der Waals surface area (Å²) in [4.78, 5) is 23.5. The summed E-state index contributed by atoms with van der Waals surface area (Å²) in [6.45, 7) is 1.68. The predicted octanol–water partition coefficient (Wildman–Crippen LogP) is 3.07. The van der Waals surface area contributed by atoms with E-state index in [4.69, 9.17) is 18.6 Å². The van der Waals surface area contributed by atoms with Gasteiger partial charge in [-0.2, -0.15) is 0 Å². The van der Waals surface area contributed by atoms with Gasteiger partial charge >= 0.3 is 11.9 Å². The number of methoxy groups -OCH3 is 3. The van der Waals surface area contributed by atoms with Crippen LogP contribution in [0.2, 0.25) is 0 Å². The quantitative estimate of drug-likeness (QED) is 0.667. The minimum atomic E-state index is -0.563. The molecule has 0 aliphatic heterocycles. The second-order valence-electron chi connectivity index (χ2n) is 5.60. The molecule has 2 aromatic rings. The lowest BCUT2D eigenvalue weighted by Crippen LogP contribution is -2.06. The second kappa shape index (κ2) is 8.94. The Kier molecular flexibility index (Phi) is 6.66. The third kappa shape index (κ3) is 5.02. The molecule has 0 aliphatic rings. The SMILES string of the molecule is COC(=O)c1oc(COC(=O)CCc2cc(OC)cc(OC)c2)cc1C. The molecule has 0 fully saturated rings. The number of furan rings is 1. The zero-order valence-electron chi connectivity index (χ0n) is 15.3. The summed E-state index contributed by atoms with van der Waals surface area (Å²) < 4.78 is 25.6. The highest BCUT2D eigenvalue weighted by Gasteiger charge is 2.17. The Morgan fingerprint density at radius 2 is 1.65 bits per heavy atom. The molecule has 0 N–H and O–H groups in total. The molecule has 0 aliphatic carbocycles. The monoisotopic (exact) mass is 362 g/mol. The summed E-state index contributed by atoms with van der Waals surface area (Å²) >= 11 is 0. The zero-order chi connectivity index (χ0) is 19.1. The second-order valence-corrected chi connectivity index (χ2v) is 5.60. The van der Waals surface area contributed by atoms with E-state index in [1.807, 2.05) is 12.1 Å². The van der Waals surface area contributed by atoms with E-state index >= 15 is 0 Å². The third-order valence-electron chi connectivity index (χ3n) is 3.74. The number of carbonyl (C=O) groups excluding carboxylic acids is 2. The molecule has 0 atom stereocenters. The van der Waals surface area contributed by atoms with Crippen LogP contribution >= 0.6 is 0 Å². The highest BCUT2D eigenvalue weighted by molar-refractivity contribution is 5.87. The molecule has 26 heavy (non-hydrogen) atoms. The van der Waals surface area contributed by atoms with Crippen LogP contribution in [0.3, 0.4) is 0 Å². The fourth-order valence-electron chi connectivity index (χ4n) is 2.40. The molecule has 0 saturated carbocycles. The molecule has 0 unspecified atom stereocenters. The molecule has 0 amide bonds. The van der Waals surface area contributed by atoms with Gasteiger partial charge in [0.2, 0.25) is 5.76 Å². The summed E-state index contributed by atoms with van der Waals surface area (Å²) in [7, 11) is 4.42. The van der Waals surface area contributed by atoms with Gasteiger partial charge in [-0.05, 0) is 37.1 Å².